The lowest BCUT2D eigenvalue weighted by Crippen LogP contribution is -2.42. The van der Waals surface area contributed by atoms with Gasteiger partial charge in [-0.2, -0.15) is 4.31 Å². The van der Waals surface area contributed by atoms with E-state index in [0.29, 0.717) is 16.5 Å². The van der Waals surface area contributed by atoms with Gasteiger partial charge in [-0.3, -0.25) is 0 Å². The smallest absolute Gasteiger partial charge is 0.333 e. The van der Waals surface area contributed by atoms with Crippen LogP contribution in [0.1, 0.15) is 60.5 Å². The number of carbonyl (C=O) groups is 1. The third kappa shape index (κ3) is 5.06. The molecule has 0 fully saturated rings. The lowest BCUT2D eigenvalue weighted by atomic mass is 9.89. The van der Waals surface area contributed by atoms with Crippen LogP contribution in [0.2, 0.25) is 5.02 Å². The Labute approximate surface area is 211 Å². The molecule has 0 saturated carbocycles. The molecule has 0 amide bonds. The van der Waals surface area contributed by atoms with Gasteiger partial charge in [-0.15, -0.1) is 0 Å². The number of sulfonamides is 1. The van der Waals surface area contributed by atoms with E-state index in [1.165, 1.54) is 4.31 Å². The highest BCUT2D eigenvalue weighted by molar-refractivity contribution is 7.89. The van der Waals surface area contributed by atoms with E-state index in [4.69, 9.17) is 11.6 Å². The maximum absolute atomic E-state index is 14.2. The van der Waals surface area contributed by atoms with Crippen molar-refractivity contribution in [1.82, 2.24) is 4.31 Å². The van der Waals surface area contributed by atoms with Crippen molar-refractivity contribution < 1.29 is 18.3 Å². The average Bonchev–Trinajstić information content (AvgIpc) is 2.84. The minimum Gasteiger partial charge on any atom is -0.478 e. The summed E-state index contributed by atoms with van der Waals surface area (Å²) in [5, 5.41) is 10.5. The number of aliphatic carboxylic acids is 1. The Morgan fingerprint density at radius 3 is 2.06 bits per heavy atom. The third-order valence-corrected chi connectivity index (χ3v) is 8.57. The summed E-state index contributed by atoms with van der Waals surface area (Å²) < 4.78 is 29.7. The van der Waals surface area contributed by atoms with Crippen LogP contribution in [0.4, 0.5) is 0 Å². The predicted molar refractivity (Wildman–Crippen MR) is 138 cm³/mol. The summed E-state index contributed by atoms with van der Waals surface area (Å²) in [6, 6.07) is 19.6. The van der Waals surface area contributed by atoms with E-state index in [1.807, 2.05) is 31.2 Å². The Morgan fingerprint density at radius 1 is 0.943 bits per heavy atom. The number of aryl methyl sites for hydroxylation is 1. The second kappa shape index (κ2) is 9.97. The molecule has 0 aromatic heterocycles. The summed E-state index contributed by atoms with van der Waals surface area (Å²) >= 11 is 6.09. The molecule has 0 bridgehead atoms. The van der Waals surface area contributed by atoms with Crippen molar-refractivity contribution in [3.8, 4) is 0 Å². The second-order valence-corrected chi connectivity index (χ2v) is 11.4. The number of hydrogen-bond donors (Lipinski definition) is 1. The lowest BCUT2D eigenvalue weighted by Gasteiger charge is -2.40. The molecule has 0 radical (unpaired) electrons. The monoisotopic (exact) mass is 509 g/mol. The molecular formula is C28H28ClNO4S. The minimum atomic E-state index is -4.08. The summed E-state index contributed by atoms with van der Waals surface area (Å²) in [5.74, 6) is -0.814. The van der Waals surface area contributed by atoms with Gasteiger partial charge >= 0.3 is 5.97 Å². The molecule has 2 atom stereocenters. The van der Waals surface area contributed by atoms with E-state index in [2.05, 4.69) is 13.8 Å². The van der Waals surface area contributed by atoms with Crippen molar-refractivity contribution in [3.63, 3.8) is 0 Å². The molecule has 4 rings (SSSR count). The molecule has 35 heavy (non-hydrogen) atoms. The van der Waals surface area contributed by atoms with Crippen LogP contribution >= 0.6 is 11.6 Å². The van der Waals surface area contributed by atoms with Gasteiger partial charge in [0.25, 0.3) is 0 Å². The molecule has 1 heterocycles. The second-order valence-electron chi connectivity index (χ2n) is 9.14. The normalized spacial score (nSPS) is 18.9. The highest BCUT2D eigenvalue weighted by atomic mass is 35.5. The Balaban J connectivity index is 1.94. The topological polar surface area (TPSA) is 74.7 Å². The van der Waals surface area contributed by atoms with Gasteiger partial charge < -0.3 is 5.11 Å². The van der Waals surface area contributed by atoms with Gasteiger partial charge in [-0.25, -0.2) is 13.2 Å². The summed E-state index contributed by atoms with van der Waals surface area (Å²) in [5.41, 5.74) is 3.46. The highest BCUT2D eigenvalue weighted by Gasteiger charge is 2.44. The molecule has 0 saturated heterocycles. The molecule has 1 aliphatic heterocycles. The van der Waals surface area contributed by atoms with Crippen LogP contribution in [0.5, 0.6) is 0 Å². The van der Waals surface area contributed by atoms with Crippen molar-refractivity contribution in [2.24, 2.45) is 0 Å². The fraction of sp³-hybridized carbons (Fsp3) is 0.250. The van der Waals surface area contributed by atoms with Crippen LogP contribution < -0.4 is 0 Å². The van der Waals surface area contributed by atoms with E-state index in [-0.39, 0.29) is 16.9 Å². The fourth-order valence-corrected chi connectivity index (χ4v) is 6.38. The van der Waals surface area contributed by atoms with Gasteiger partial charge in [0.15, 0.2) is 0 Å². The van der Waals surface area contributed by atoms with Crippen LogP contribution in [0.3, 0.4) is 0 Å². The lowest BCUT2D eigenvalue weighted by molar-refractivity contribution is -0.133. The standard InChI is InChI=1S/C28H28ClNO4S/c1-18(2)20-6-8-21(9-7-20)26-17-16-25(28(31)32)27(22-10-12-23(29)13-11-22)30(26)35(33,34)24-14-4-19(3)5-15-24/h4-16,18,26-27H,17H2,1-3H3,(H,31,32)/t26-,27-/m0/s1. The van der Waals surface area contributed by atoms with E-state index < -0.39 is 28.1 Å². The summed E-state index contributed by atoms with van der Waals surface area (Å²) in [4.78, 5) is 12.4. The average molecular weight is 510 g/mol. The number of nitrogens with zero attached hydrogens (tertiary/aromatic N) is 1. The summed E-state index contributed by atoms with van der Waals surface area (Å²) in [7, 11) is -4.08. The van der Waals surface area contributed by atoms with Crippen LogP contribution in [-0.4, -0.2) is 23.8 Å². The molecule has 1 aliphatic rings. The van der Waals surface area contributed by atoms with E-state index in [9.17, 15) is 18.3 Å². The fourth-order valence-electron chi connectivity index (χ4n) is 4.47. The first-order chi connectivity index (χ1) is 16.6. The zero-order chi connectivity index (χ0) is 25.3. The molecular weight excluding hydrogens is 482 g/mol. The largest absolute Gasteiger partial charge is 0.478 e. The van der Waals surface area contributed by atoms with Gasteiger partial charge in [0.05, 0.1) is 22.6 Å². The highest BCUT2D eigenvalue weighted by Crippen LogP contribution is 2.46. The molecule has 5 nitrogen and oxygen atoms in total. The Bertz CT molecular complexity index is 1350. The van der Waals surface area contributed by atoms with E-state index in [1.54, 1.807) is 54.6 Å². The molecule has 0 spiro atoms. The van der Waals surface area contributed by atoms with Crippen LogP contribution in [0.15, 0.2) is 89.3 Å². The number of hydrogen-bond acceptors (Lipinski definition) is 3. The quantitative estimate of drug-likeness (QED) is 0.403. The molecule has 7 heteroatoms. The van der Waals surface area contributed by atoms with Crippen LogP contribution in [0, 0.1) is 6.92 Å². The number of carboxylic acids is 1. The van der Waals surface area contributed by atoms with Crippen LogP contribution in [-0.2, 0) is 14.8 Å². The van der Waals surface area contributed by atoms with Crippen molar-refractivity contribution >= 4 is 27.6 Å². The minimum absolute atomic E-state index is 0.0260. The van der Waals surface area contributed by atoms with E-state index in [0.717, 1.165) is 16.7 Å². The SMILES string of the molecule is Cc1ccc(S(=O)(=O)N2[C@@H](c3ccc(Cl)cc3)C(C(=O)O)=CC[C@H]2c2ccc(C(C)C)cc2)cc1. The summed E-state index contributed by atoms with van der Waals surface area (Å²) in [6.45, 7) is 6.09. The Kier molecular flexibility index (Phi) is 7.17. The zero-order valence-electron chi connectivity index (χ0n) is 19.9. The van der Waals surface area contributed by atoms with Gasteiger partial charge in [-0.05, 0) is 60.2 Å². The van der Waals surface area contributed by atoms with E-state index >= 15 is 0 Å². The molecule has 1 N–H and O–H groups in total. The first-order valence-corrected chi connectivity index (χ1v) is 13.3. The predicted octanol–water partition coefficient (Wildman–Crippen LogP) is 6.66. The van der Waals surface area contributed by atoms with Gasteiger partial charge in [0.2, 0.25) is 10.0 Å². The van der Waals surface area contributed by atoms with Crippen molar-refractivity contribution in [2.75, 3.05) is 0 Å². The molecule has 3 aromatic rings. The Hall–Kier alpha value is -2.93. The van der Waals surface area contributed by atoms with Gasteiger partial charge in [0, 0.05) is 5.02 Å². The molecule has 0 unspecified atom stereocenters. The number of halogens is 1. The van der Waals surface area contributed by atoms with Crippen molar-refractivity contribution in [2.45, 2.75) is 50.1 Å². The first kappa shape index (κ1) is 25.2. The van der Waals surface area contributed by atoms with Crippen molar-refractivity contribution in [3.05, 3.63) is 112 Å². The first-order valence-electron chi connectivity index (χ1n) is 11.5. The molecule has 0 aliphatic carbocycles. The Morgan fingerprint density at radius 2 is 1.51 bits per heavy atom. The maximum Gasteiger partial charge on any atom is 0.333 e. The molecule has 182 valence electrons. The van der Waals surface area contributed by atoms with Gasteiger partial charge in [0.1, 0.15) is 0 Å². The van der Waals surface area contributed by atoms with Gasteiger partial charge in [-0.1, -0.05) is 85.6 Å². The maximum atomic E-state index is 14.2. The van der Waals surface area contributed by atoms with Crippen LogP contribution in [0.25, 0.3) is 0 Å². The number of benzene rings is 3. The molecule has 3 aromatic carbocycles. The van der Waals surface area contributed by atoms with Crippen molar-refractivity contribution in [1.29, 1.82) is 0 Å². The third-order valence-electron chi connectivity index (χ3n) is 6.43. The summed E-state index contributed by atoms with van der Waals surface area (Å²) in [6.07, 6.45) is 1.89. The zero-order valence-corrected chi connectivity index (χ0v) is 21.4. The number of rotatable bonds is 6. The number of carboxylic acid groups (broad SMARTS) is 1.